The van der Waals surface area contributed by atoms with Crippen LogP contribution in [-0.4, -0.2) is 24.0 Å². The fourth-order valence-corrected chi connectivity index (χ4v) is 39.9. The SMILES string of the molecule is Cc1c[c]2c(cc1C)P13(O[C@@H](c4ccccc4)CC1C)c1cc(C)c(C)c[c]1[Sn]2([c]1ccccc1)[c]1cc(C)c(C)cc13. The molecule has 1 fully saturated rings. The van der Waals surface area contributed by atoms with Crippen LogP contribution in [0.15, 0.2) is 97.1 Å². The van der Waals surface area contributed by atoms with Crippen LogP contribution in [-0.2, 0) is 4.52 Å². The molecule has 1 saturated heterocycles. The van der Waals surface area contributed by atoms with Gasteiger partial charge in [-0.2, -0.15) is 0 Å². The van der Waals surface area contributed by atoms with Gasteiger partial charge < -0.3 is 0 Å². The van der Waals surface area contributed by atoms with Crippen molar-refractivity contribution in [3.8, 4) is 0 Å². The van der Waals surface area contributed by atoms with Crippen LogP contribution in [0.25, 0.3) is 0 Å². The van der Waals surface area contributed by atoms with Gasteiger partial charge in [0.1, 0.15) is 0 Å². The van der Waals surface area contributed by atoms with Crippen LogP contribution in [0.2, 0.25) is 0 Å². The normalized spacial score (nSPS) is 24.6. The third-order valence-electron chi connectivity index (χ3n) is 11.6. The molecular weight excluding hydrogens is 646 g/mol. The summed E-state index contributed by atoms with van der Waals surface area (Å²) in [5.74, 6) is 0. The molecule has 1 spiro atoms. The molecular formula is C40H41OPSn. The van der Waals surface area contributed by atoms with E-state index in [0.717, 1.165) is 6.42 Å². The summed E-state index contributed by atoms with van der Waals surface area (Å²) in [7, 11) is 0. The van der Waals surface area contributed by atoms with Gasteiger partial charge in [-0.15, -0.1) is 0 Å². The second-order valence-electron chi connectivity index (χ2n) is 13.7. The van der Waals surface area contributed by atoms with Crippen molar-refractivity contribution in [3.63, 3.8) is 0 Å². The second-order valence-corrected chi connectivity index (χ2v) is 29.0. The molecule has 216 valence electrons. The molecule has 2 bridgehead atoms. The molecule has 1 nitrogen and oxygen atoms in total. The molecule has 4 aliphatic heterocycles. The van der Waals surface area contributed by atoms with E-state index in [1.54, 1.807) is 30.2 Å². The van der Waals surface area contributed by atoms with Crippen molar-refractivity contribution in [2.24, 2.45) is 0 Å². The molecule has 0 aromatic heterocycles. The van der Waals surface area contributed by atoms with E-state index in [-0.39, 0.29) is 6.10 Å². The zero-order chi connectivity index (χ0) is 29.9. The summed E-state index contributed by atoms with van der Waals surface area (Å²) in [6, 6.07) is 38.4. The van der Waals surface area contributed by atoms with E-state index in [9.17, 15) is 0 Å². The summed E-state index contributed by atoms with van der Waals surface area (Å²) < 4.78 is 14.7. The van der Waals surface area contributed by atoms with Gasteiger partial charge in [-0.05, 0) is 0 Å². The maximum absolute atomic E-state index is 8.17. The van der Waals surface area contributed by atoms with Gasteiger partial charge in [0.25, 0.3) is 0 Å². The molecule has 0 aliphatic carbocycles. The average molecular weight is 687 g/mol. The fraction of sp³-hybridized carbons (Fsp3) is 0.250. The summed E-state index contributed by atoms with van der Waals surface area (Å²) in [5.41, 5.74) is 10.0. The fourth-order valence-electron chi connectivity index (χ4n) is 9.05. The number of aryl methyl sites for hydroxylation is 6. The van der Waals surface area contributed by atoms with Crippen LogP contribution in [0.3, 0.4) is 0 Å². The molecule has 5 aromatic rings. The van der Waals surface area contributed by atoms with E-state index in [0.29, 0.717) is 5.66 Å². The molecule has 0 saturated carbocycles. The zero-order valence-electron chi connectivity index (χ0n) is 26.5. The Morgan fingerprint density at radius 1 is 0.558 bits per heavy atom. The van der Waals surface area contributed by atoms with Gasteiger partial charge in [0, 0.05) is 0 Å². The first-order valence-corrected chi connectivity index (χ1v) is 23.7. The Morgan fingerprint density at radius 2 is 0.953 bits per heavy atom. The van der Waals surface area contributed by atoms with Crippen LogP contribution in [0.5, 0.6) is 0 Å². The molecule has 43 heavy (non-hydrogen) atoms. The molecule has 5 aromatic carbocycles. The van der Waals surface area contributed by atoms with Crippen LogP contribution >= 0.6 is 6.83 Å². The van der Waals surface area contributed by atoms with Crippen LogP contribution < -0.4 is 30.2 Å². The van der Waals surface area contributed by atoms with E-state index in [4.69, 9.17) is 4.52 Å². The molecule has 3 heteroatoms. The van der Waals surface area contributed by atoms with Crippen molar-refractivity contribution in [1.82, 2.24) is 0 Å². The van der Waals surface area contributed by atoms with Gasteiger partial charge in [0.15, 0.2) is 0 Å². The summed E-state index contributed by atoms with van der Waals surface area (Å²) in [4.78, 5) is 0. The average Bonchev–Trinajstić information content (AvgIpc) is 3.32. The zero-order valence-corrected chi connectivity index (χ0v) is 30.2. The third-order valence-corrected chi connectivity index (χ3v) is 33.9. The molecule has 1 unspecified atom stereocenters. The monoisotopic (exact) mass is 688 g/mol. The number of hydrogen-bond acceptors (Lipinski definition) is 1. The standard InChI is InChI=1S/C34H36OP.C6H5.Sn/c1-23-13-16-31(19-26(23)4)36(32-17-14-24(2)27(5)20-32,33-18-15-25(3)28(6)21-33)29(7)22-34(35-36)30-11-9-8-10-12-30;1-2-4-6-5-3-1;/h8-15,19-21,29,34H,22H2,1-7H3;1-5H;/t29?,34-;;/m1../s1. The van der Waals surface area contributed by atoms with E-state index >= 15 is 0 Å². The summed E-state index contributed by atoms with van der Waals surface area (Å²) in [6.45, 7) is 13.0. The Kier molecular flexibility index (Phi) is 5.93. The quantitative estimate of drug-likeness (QED) is 0.168. The Labute approximate surface area is 261 Å². The van der Waals surface area contributed by atoms with E-state index in [1.165, 1.54) is 38.9 Å². The maximum atomic E-state index is 8.17. The van der Waals surface area contributed by atoms with Crippen molar-refractivity contribution >= 4 is 55.4 Å². The topological polar surface area (TPSA) is 9.23 Å². The Bertz CT molecular complexity index is 1830. The number of benzene rings is 5. The van der Waals surface area contributed by atoms with Crippen LogP contribution in [0, 0.1) is 41.5 Å². The van der Waals surface area contributed by atoms with Crippen molar-refractivity contribution in [3.05, 3.63) is 136 Å². The van der Waals surface area contributed by atoms with E-state index < -0.39 is 25.2 Å². The van der Waals surface area contributed by atoms with Gasteiger partial charge in [-0.25, -0.2) is 0 Å². The Balaban J connectivity index is 1.66. The van der Waals surface area contributed by atoms with Gasteiger partial charge in [-0.3, -0.25) is 0 Å². The van der Waals surface area contributed by atoms with Crippen LogP contribution in [0.4, 0.5) is 0 Å². The minimum absolute atomic E-state index is 0.0600. The summed E-state index contributed by atoms with van der Waals surface area (Å²) in [5, 5.41) is 4.68. The van der Waals surface area contributed by atoms with Crippen molar-refractivity contribution in [2.45, 2.75) is 66.6 Å². The van der Waals surface area contributed by atoms with Gasteiger partial charge in [0.2, 0.25) is 0 Å². The number of rotatable bonds is 2. The molecule has 0 amide bonds. The Morgan fingerprint density at radius 3 is 1.40 bits per heavy atom. The van der Waals surface area contributed by atoms with E-state index in [2.05, 4.69) is 146 Å². The molecule has 2 atom stereocenters. The summed E-state index contributed by atoms with van der Waals surface area (Å²) >= 11 is -3.82. The predicted octanol–water partition coefficient (Wildman–Crippen LogP) is 5.84. The number of hydrogen-bond donors (Lipinski definition) is 0. The predicted molar refractivity (Wildman–Crippen MR) is 189 cm³/mol. The van der Waals surface area contributed by atoms with Crippen molar-refractivity contribution in [1.29, 1.82) is 0 Å². The summed E-state index contributed by atoms with van der Waals surface area (Å²) in [6.07, 6.45) is 1.09. The minimum atomic E-state index is -3.82. The van der Waals surface area contributed by atoms with Crippen molar-refractivity contribution < 1.29 is 4.52 Å². The first kappa shape index (κ1) is 27.8. The molecule has 4 aliphatic rings. The molecule has 4 heterocycles. The van der Waals surface area contributed by atoms with E-state index in [1.807, 2.05) is 0 Å². The third kappa shape index (κ3) is 3.17. The molecule has 9 rings (SSSR count). The van der Waals surface area contributed by atoms with Crippen molar-refractivity contribution in [2.75, 3.05) is 0 Å². The first-order chi connectivity index (χ1) is 20.6. The van der Waals surface area contributed by atoms with Crippen LogP contribution in [0.1, 0.15) is 58.4 Å². The Hall–Kier alpha value is -2.71. The van der Waals surface area contributed by atoms with Gasteiger partial charge in [0.05, 0.1) is 0 Å². The second kappa shape index (κ2) is 9.16. The van der Waals surface area contributed by atoms with Gasteiger partial charge >= 0.3 is 263 Å². The first-order valence-electron chi connectivity index (χ1n) is 15.8. The van der Waals surface area contributed by atoms with Gasteiger partial charge in [-0.1, -0.05) is 0 Å². The molecule has 0 radical (unpaired) electrons. The molecule has 0 N–H and O–H groups in total.